The Balaban J connectivity index is 3.10. The van der Waals surface area contributed by atoms with E-state index in [1.165, 1.54) is 11.3 Å². The number of aryl methyl sites for hydroxylation is 1. The molecule has 1 N–H and O–H groups in total. The molecule has 0 unspecified atom stereocenters. The summed E-state index contributed by atoms with van der Waals surface area (Å²) in [5.74, 6) is 0. The van der Waals surface area contributed by atoms with Crippen LogP contribution >= 0.6 is 0 Å². The van der Waals surface area contributed by atoms with Crippen molar-refractivity contribution in [3.05, 3.63) is 36.2 Å². The standard InChI is InChI=1S/C17H29N3/c1-7-9-18-12-15-13-19-14(3)11-16(15)20(10-8-2)17(4,5)6/h8,11,13,18H,2,7,9-10,12H2,1,3-6H3. The molecule has 112 valence electrons. The van der Waals surface area contributed by atoms with Gasteiger partial charge < -0.3 is 10.2 Å². The highest BCUT2D eigenvalue weighted by molar-refractivity contribution is 5.56. The number of anilines is 1. The van der Waals surface area contributed by atoms with E-state index in [1.807, 2.05) is 19.2 Å². The molecular formula is C17H29N3. The van der Waals surface area contributed by atoms with Gasteiger partial charge in [0.15, 0.2) is 0 Å². The van der Waals surface area contributed by atoms with E-state index < -0.39 is 0 Å². The lowest BCUT2D eigenvalue weighted by Crippen LogP contribution is -2.42. The van der Waals surface area contributed by atoms with Crippen LogP contribution in [0.4, 0.5) is 5.69 Å². The van der Waals surface area contributed by atoms with Crippen molar-refractivity contribution >= 4 is 5.69 Å². The minimum atomic E-state index is 0.0570. The Hall–Kier alpha value is -1.35. The highest BCUT2D eigenvalue weighted by Crippen LogP contribution is 2.27. The summed E-state index contributed by atoms with van der Waals surface area (Å²) < 4.78 is 0. The quantitative estimate of drug-likeness (QED) is 0.608. The third-order valence-electron chi connectivity index (χ3n) is 3.25. The molecule has 0 spiro atoms. The fourth-order valence-electron chi connectivity index (χ4n) is 2.22. The second-order valence-corrected chi connectivity index (χ2v) is 6.20. The summed E-state index contributed by atoms with van der Waals surface area (Å²) in [5.41, 5.74) is 3.62. The fraction of sp³-hybridized carbons (Fsp3) is 0.588. The summed E-state index contributed by atoms with van der Waals surface area (Å²) in [6.45, 7) is 17.5. The second kappa shape index (κ2) is 7.44. The highest BCUT2D eigenvalue weighted by atomic mass is 15.2. The van der Waals surface area contributed by atoms with Crippen molar-refractivity contribution in [2.45, 2.75) is 53.1 Å². The van der Waals surface area contributed by atoms with Gasteiger partial charge in [-0.3, -0.25) is 4.98 Å². The summed E-state index contributed by atoms with van der Waals surface area (Å²) in [6, 6.07) is 2.18. The number of hydrogen-bond acceptors (Lipinski definition) is 3. The lowest BCUT2D eigenvalue weighted by Gasteiger charge is -2.38. The zero-order valence-electron chi connectivity index (χ0n) is 13.7. The van der Waals surface area contributed by atoms with E-state index in [0.717, 1.165) is 31.7 Å². The number of rotatable bonds is 7. The van der Waals surface area contributed by atoms with Crippen LogP contribution in [-0.2, 0) is 6.54 Å². The van der Waals surface area contributed by atoms with Crippen molar-refractivity contribution in [3.63, 3.8) is 0 Å². The maximum atomic E-state index is 4.45. The maximum Gasteiger partial charge on any atom is 0.0452 e. The van der Waals surface area contributed by atoms with Gasteiger partial charge in [0, 0.05) is 41.8 Å². The van der Waals surface area contributed by atoms with Crippen molar-refractivity contribution in [2.24, 2.45) is 0 Å². The molecular weight excluding hydrogens is 246 g/mol. The first-order valence-corrected chi connectivity index (χ1v) is 7.45. The van der Waals surface area contributed by atoms with E-state index >= 15 is 0 Å². The Labute approximate surface area is 124 Å². The first-order chi connectivity index (χ1) is 9.40. The molecule has 0 aliphatic heterocycles. The zero-order valence-corrected chi connectivity index (χ0v) is 13.7. The molecule has 0 saturated heterocycles. The van der Waals surface area contributed by atoms with Gasteiger partial charge in [0.25, 0.3) is 0 Å². The Kier molecular flexibility index (Phi) is 6.21. The molecule has 1 rings (SSSR count). The maximum absolute atomic E-state index is 4.45. The molecule has 0 aliphatic carbocycles. The Bertz CT molecular complexity index is 432. The molecule has 0 aliphatic rings. The van der Waals surface area contributed by atoms with Crippen molar-refractivity contribution < 1.29 is 0 Å². The molecule has 3 nitrogen and oxygen atoms in total. The number of aromatic nitrogens is 1. The number of pyridine rings is 1. The normalized spacial score (nSPS) is 11.4. The van der Waals surface area contributed by atoms with Crippen LogP contribution in [0.15, 0.2) is 24.9 Å². The molecule has 0 radical (unpaired) electrons. The summed E-state index contributed by atoms with van der Waals surface area (Å²) in [4.78, 5) is 6.84. The van der Waals surface area contributed by atoms with Crippen LogP contribution in [0, 0.1) is 6.92 Å². The van der Waals surface area contributed by atoms with Gasteiger partial charge in [0.1, 0.15) is 0 Å². The molecule has 0 aromatic carbocycles. The summed E-state index contributed by atoms with van der Waals surface area (Å²) in [7, 11) is 0. The van der Waals surface area contributed by atoms with Gasteiger partial charge in [-0.15, -0.1) is 6.58 Å². The Morgan fingerprint density at radius 1 is 1.40 bits per heavy atom. The van der Waals surface area contributed by atoms with Gasteiger partial charge in [0.05, 0.1) is 0 Å². The van der Waals surface area contributed by atoms with Gasteiger partial charge in [-0.25, -0.2) is 0 Å². The van der Waals surface area contributed by atoms with Gasteiger partial charge in [0.2, 0.25) is 0 Å². The van der Waals surface area contributed by atoms with Crippen LogP contribution in [-0.4, -0.2) is 23.6 Å². The average molecular weight is 275 g/mol. The first-order valence-electron chi connectivity index (χ1n) is 7.45. The fourth-order valence-corrected chi connectivity index (χ4v) is 2.22. The van der Waals surface area contributed by atoms with E-state index in [0.29, 0.717) is 0 Å². The summed E-state index contributed by atoms with van der Waals surface area (Å²) in [6.07, 6.45) is 5.10. The van der Waals surface area contributed by atoms with E-state index in [1.54, 1.807) is 0 Å². The smallest absolute Gasteiger partial charge is 0.0452 e. The second-order valence-electron chi connectivity index (χ2n) is 6.20. The molecule has 0 amide bonds. The van der Waals surface area contributed by atoms with Crippen molar-refractivity contribution in [1.29, 1.82) is 0 Å². The number of nitrogens with zero attached hydrogens (tertiary/aromatic N) is 2. The van der Waals surface area contributed by atoms with Crippen LogP contribution in [0.3, 0.4) is 0 Å². The van der Waals surface area contributed by atoms with Crippen molar-refractivity contribution in [3.8, 4) is 0 Å². The molecule has 1 aromatic rings. The molecule has 1 aromatic heterocycles. The zero-order chi connectivity index (χ0) is 15.2. The third kappa shape index (κ3) is 4.64. The molecule has 20 heavy (non-hydrogen) atoms. The molecule has 0 fully saturated rings. The highest BCUT2D eigenvalue weighted by Gasteiger charge is 2.23. The lowest BCUT2D eigenvalue weighted by molar-refractivity contribution is 0.519. The SMILES string of the molecule is C=CCN(c1cc(C)ncc1CNCCC)C(C)(C)C. The average Bonchev–Trinajstić information content (AvgIpc) is 2.36. The monoisotopic (exact) mass is 275 g/mol. The van der Waals surface area contributed by atoms with E-state index in [2.05, 4.69) is 55.5 Å². The summed E-state index contributed by atoms with van der Waals surface area (Å²) in [5, 5.41) is 3.47. The third-order valence-corrected chi connectivity index (χ3v) is 3.25. The molecule has 0 bridgehead atoms. The Morgan fingerprint density at radius 2 is 2.10 bits per heavy atom. The predicted molar refractivity (Wildman–Crippen MR) is 88.3 cm³/mol. The first kappa shape index (κ1) is 16.7. The Morgan fingerprint density at radius 3 is 2.65 bits per heavy atom. The van der Waals surface area contributed by atoms with Crippen molar-refractivity contribution in [2.75, 3.05) is 18.0 Å². The van der Waals surface area contributed by atoms with Gasteiger partial charge >= 0.3 is 0 Å². The molecule has 1 heterocycles. The van der Waals surface area contributed by atoms with Crippen LogP contribution in [0.25, 0.3) is 0 Å². The van der Waals surface area contributed by atoms with Crippen LogP contribution in [0.5, 0.6) is 0 Å². The summed E-state index contributed by atoms with van der Waals surface area (Å²) >= 11 is 0. The van der Waals surface area contributed by atoms with Crippen LogP contribution < -0.4 is 10.2 Å². The van der Waals surface area contributed by atoms with Gasteiger partial charge in [-0.1, -0.05) is 13.0 Å². The molecule has 3 heteroatoms. The van der Waals surface area contributed by atoms with Crippen LogP contribution in [0.2, 0.25) is 0 Å². The van der Waals surface area contributed by atoms with Gasteiger partial charge in [-0.05, 0) is 46.7 Å². The molecule has 0 saturated carbocycles. The van der Waals surface area contributed by atoms with Crippen LogP contribution in [0.1, 0.15) is 45.4 Å². The predicted octanol–water partition coefficient (Wildman–Crippen LogP) is 3.68. The van der Waals surface area contributed by atoms with E-state index in [4.69, 9.17) is 0 Å². The number of nitrogens with one attached hydrogen (secondary N) is 1. The van der Waals surface area contributed by atoms with E-state index in [9.17, 15) is 0 Å². The van der Waals surface area contributed by atoms with Crippen molar-refractivity contribution in [1.82, 2.24) is 10.3 Å². The largest absolute Gasteiger partial charge is 0.363 e. The minimum Gasteiger partial charge on any atom is -0.363 e. The molecule has 0 atom stereocenters. The lowest BCUT2D eigenvalue weighted by atomic mass is 10.0. The number of hydrogen-bond donors (Lipinski definition) is 1. The minimum absolute atomic E-state index is 0.0570. The van der Waals surface area contributed by atoms with Gasteiger partial charge in [-0.2, -0.15) is 0 Å². The van der Waals surface area contributed by atoms with E-state index in [-0.39, 0.29) is 5.54 Å². The topological polar surface area (TPSA) is 28.2 Å².